The maximum atomic E-state index is 13.7. The summed E-state index contributed by atoms with van der Waals surface area (Å²) in [6, 6.07) is 3.54. The number of aryl methyl sites for hydroxylation is 1. The lowest BCUT2D eigenvalue weighted by Gasteiger charge is -2.17. The Morgan fingerprint density at radius 3 is 2.96 bits per heavy atom. The van der Waals surface area contributed by atoms with Gasteiger partial charge in [-0.3, -0.25) is 9.59 Å². The molecule has 1 fully saturated rings. The number of amides is 2. The van der Waals surface area contributed by atoms with Gasteiger partial charge in [0.2, 0.25) is 11.7 Å². The van der Waals surface area contributed by atoms with E-state index in [1.54, 1.807) is 6.07 Å². The van der Waals surface area contributed by atoms with Crippen LogP contribution in [0.3, 0.4) is 0 Å². The predicted molar refractivity (Wildman–Crippen MR) is 92.8 cm³/mol. The van der Waals surface area contributed by atoms with Crippen molar-refractivity contribution < 1.29 is 18.5 Å². The van der Waals surface area contributed by atoms with Crippen LogP contribution in [0.1, 0.15) is 41.1 Å². The van der Waals surface area contributed by atoms with E-state index >= 15 is 0 Å². The van der Waals surface area contributed by atoms with Crippen molar-refractivity contribution in [3.63, 3.8) is 0 Å². The van der Waals surface area contributed by atoms with Gasteiger partial charge in [0.1, 0.15) is 11.9 Å². The van der Waals surface area contributed by atoms with E-state index in [0.29, 0.717) is 18.7 Å². The Kier molecular flexibility index (Phi) is 4.40. The van der Waals surface area contributed by atoms with Crippen LogP contribution in [-0.2, 0) is 17.6 Å². The van der Waals surface area contributed by atoms with Crippen LogP contribution >= 0.6 is 11.6 Å². The monoisotopic (exact) mass is 377 g/mol. The number of fused-ring (bicyclic) bond motifs is 1. The van der Waals surface area contributed by atoms with Crippen LogP contribution in [0.4, 0.5) is 10.1 Å². The molecule has 1 atom stereocenters. The second-order valence-electron chi connectivity index (χ2n) is 6.55. The van der Waals surface area contributed by atoms with Gasteiger partial charge in [-0.05, 0) is 50.3 Å². The molecule has 1 aromatic heterocycles. The van der Waals surface area contributed by atoms with Crippen molar-refractivity contribution in [2.24, 2.45) is 0 Å². The molecule has 26 heavy (non-hydrogen) atoms. The zero-order valence-electron chi connectivity index (χ0n) is 13.9. The molecule has 1 aromatic carbocycles. The van der Waals surface area contributed by atoms with Crippen LogP contribution in [0.5, 0.6) is 0 Å². The van der Waals surface area contributed by atoms with Gasteiger partial charge in [0.05, 0.1) is 10.7 Å². The molecule has 0 radical (unpaired) electrons. The van der Waals surface area contributed by atoms with Crippen LogP contribution in [0, 0.1) is 5.82 Å². The molecule has 8 heteroatoms. The van der Waals surface area contributed by atoms with Crippen LogP contribution in [-0.4, -0.2) is 29.6 Å². The Hall–Kier alpha value is -2.41. The van der Waals surface area contributed by atoms with Crippen molar-refractivity contribution >= 4 is 29.1 Å². The van der Waals surface area contributed by atoms with Crippen molar-refractivity contribution in [2.75, 3.05) is 11.4 Å². The highest BCUT2D eigenvalue weighted by Crippen LogP contribution is 2.27. The summed E-state index contributed by atoms with van der Waals surface area (Å²) in [6.45, 7) is 0.388. The number of carbonyl (C=O) groups is 2. The molecule has 0 bridgehead atoms. The Morgan fingerprint density at radius 1 is 1.35 bits per heavy atom. The van der Waals surface area contributed by atoms with Crippen LogP contribution in [0.2, 0.25) is 5.02 Å². The van der Waals surface area contributed by atoms with Crippen molar-refractivity contribution in [3.8, 4) is 0 Å². The third-order valence-corrected chi connectivity index (χ3v) is 5.20. The van der Waals surface area contributed by atoms with Gasteiger partial charge in [0.25, 0.3) is 5.91 Å². The zero-order chi connectivity index (χ0) is 18.3. The topological polar surface area (TPSA) is 75.4 Å². The predicted octanol–water partition coefficient (Wildman–Crippen LogP) is 2.88. The first-order valence-corrected chi connectivity index (χ1v) is 8.97. The summed E-state index contributed by atoms with van der Waals surface area (Å²) in [6.07, 6.45) is 4.03. The zero-order valence-corrected chi connectivity index (χ0v) is 14.7. The summed E-state index contributed by atoms with van der Waals surface area (Å²) in [7, 11) is 0. The molecule has 4 rings (SSSR count). The van der Waals surface area contributed by atoms with E-state index < -0.39 is 17.8 Å². The highest BCUT2D eigenvalue weighted by molar-refractivity contribution is 6.30. The maximum absolute atomic E-state index is 13.7. The van der Waals surface area contributed by atoms with Crippen molar-refractivity contribution in [3.05, 3.63) is 46.1 Å². The number of carbonyl (C=O) groups excluding carboxylic acids is 2. The molecular weight excluding hydrogens is 361 g/mol. The molecule has 136 valence electrons. The largest absolute Gasteiger partial charge is 0.350 e. The molecule has 6 nitrogen and oxygen atoms in total. The number of anilines is 1. The van der Waals surface area contributed by atoms with E-state index in [0.717, 1.165) is 36.9 Å². The average molecular weight is 378 g/mol. The summed E-state index contributed by atoms with van der Waals surface area (Å²) in [5.74, 6) is -1.10. The standard InChI is InChI=1S/C18H17ClFN3O3/c19-12-6-5-10(9-13(12)20)23-8-7-15(18(23)25)21-17(24)16-11-3-1-2-4-14(11)22-26-16/h5-6,9,15H,1-4,7-8H2,(H,21,24). The lowest BCUT2D eigenvalue weighted by molar-refractivity contribution is -0.118. The fourth-order valence-electron chi connectivity index (χ4n) is 3.52. The van der Waals surface area contributed by atoms with Gasteiger partial charge in [0.15, 0.2) is 0 Å². The SMILES string of the molecule is O=C(NC1CCN(c2ccc(Cl)c(F)c2)C1=O)c1onc2c1CCCC2. The quantitative estimate of drug-likeness (QED) is 0.892. The summed E-state index contributed by atoms with van der Waals surface area (Å²) in [5, 5.41) is 6.69. The number of aromatic nitrogens is 1. The third kappa shape index (κ3) is 2.96. The number of hydrogen-bond donors (Lipinski definition) is 1. The molecule has 2 amide bonds. The first kappa shape index (κ1) is 17.0. The minimum Gasteiger partial charge on any atom is -0.350 e. The van der Waals surface area contributed by atoms with E-state index in [1.165, 1.54) is 17.0 Å². The molecule has 1 aliphatic carbocycles. The van der Waals surface area contributed by atoms with Gasteiger partial charge >= 0.3 is 0 Å². The number of benzene rings is 1. The smallest absolute Gasteiger partial charge is 0.290 e. The second-order valence-corrected chi connectivity index (χ2v) is 6.95. The van der Waals surface area contributed by atoms with Gasteiger partial charge in [-0.1, -0.05) is 16.8 Å². The average Bonchev–Trinajstić information content (AvgIpc) is 3.22. The highest BCUT2D eigenvalue weighted by atomic mass is 35.5. The third-order valence-electron chi connectivity index (χ3n) is 4.89. The van der Waals surface area contributed by atoms with E-state index in [4.69, 9.17) is 16.1 Å². The molecule has 1 unspecified atom stereocenters. The molecular formula is C18H17ClFN3O3. The Labute approximate surface area is 154 Å². The highest BCUT2D eigenvalue weighted by Gasteiger charge is 2.35. The van der Waals surface area contributed by atoms with Crippen LogP contribution in [0.15, 0.2) is 22.7 Å². The van der Waals surface area contributed by atoms with Gasteiger partial charge in [0, 0.05) is 17.8 Å². The summed E-state index contributed by atoms with van der Waals surface area (Å²) in [4.78, 5) is 26.6. The maximum Gasteiger partial charge on any atom is 0.290 e. The number of hydrogen-bond acceptors (Lipinski definition) is 4. The molecule has 0 spiro atoms. The number of nitrogens with one attached hydrogen (secondary N) is 1. The van der Waals surface area contributed by atoms with Crippen molar-refractivity contribution in [2.45, 2.75) is 38.1 Å². The van der Waals surface area contributed by atoms with Gasteiger partial charge in [-0.25, -0.2) is 4.39 Å². The van der Waals surface area contributed by atoms with Crippen molar-refractivity contribution in [1.29, 1.82) is 0 Å². The lowest BCUT2D eigenvalue weighted by atomic mass is 9.96. The molecule has 2 heterocycles. The number of halogens is 2. The number of nitrogens with zero attached hydrogens (tertiary/aromatic N) is 2. The van der Waals surface area contributed by atoms with Gasteiger partial charge < -0.3 is 14.7 Å². The van der Waals surface area contributed by atoms with E-state index in [1.807, 2.05) is 0 Å². The minimum absolute atomic E-state index is 0.000316. The first-order chi connectivity index (χ1) is 12.5. The molecule has 2 aromatic rings. The molecule has 2 aliphatic rings. The minimum atomic E-state index is -0.675. The molecule has 1 N–H and O–H groups in total. The molecule has 1 aliphatic heterocycles. The molecule has 1 saturated heterocycles. The van der Waals surface area contributed by atoms with Gasteiger partial charge in [-0.2, -0.15) is 0 Å². The first-order valence-electron chi connectivity index (χ1n) is 8.59. The van der Waals surface area contributed by atoms with E-state index in [2.05, 4.69) is 10.5 Å². The summed E-state index contributed by atoms with van der Waals surface area (Å²) in [5.41, 5.74) is 2.10. The lowest BCUT2D eigenvalue weighted by Crippen LogP contribution is -2.41. The number of rotatable bonds is 3. The summed E-state index contributed by atoms with van der Waals surface area (Å²) < 4.78 is 18.9. The fraction of sp³-hybridized carbons (Fsp3) is 0.389. The van der Waals surface area contributed by atoms with Crippen LogP contribution in [0.25, 0.3) is 0 Å². The van der Waals surface area contributed by atoms with Crippen molar-refractivity contribution in [1.82, 2.24) is 10.5 Å². The summed E-state index contributed by atoms with van der Waals surface area (Å²) >= 11 is 5.68. The second kappa shape index (κ2) is 6.72. The Balaban J connectivity index is 1.48. The van der Waals surface area contributed by atoms with E-state index in [9.17, 15) is 14.0 Å². The molecule has 0 saturated carbocycles. The van der Waals surface area contributed by atoms with Gasteiger partial charge in [-0.15, -0.1) is 0 Å². The fourth-order valence-corrected chi connectivity index (χ4v) is 3.63. The Bertz CT molecular complexity index is 883. The normalized spacial score (nSPS) is 19.5. The Morgan fingerprint density at radius 2 is 2.15 bits per heavy atom. The van der Waals surface area contributed by atoms with E-state index in [-0.39, 0.29) is 16.7 Å². The van der Waals surface area contributed by atoms with Crippen LogP contribution < -0.4 is 10.2 Å².